The smallest absolute Gasteiger partial charge is 0.265 e. The lowest BCUT2D eigenvalue weighted by Gasteiger charge is -2.37. The summed E-state index contributed by atoms with van der Waals surface area (Å²) in [6.45, 7) is 4.40. The number of anilines is 1. The number of ether oxygens (including phenoxy) is 2. The number of para-hydroxylation sites is 2. The van der Waals surface area contributed by atoms with Gasteiger partial charge in [-0.25, -0.2) is 0 Å². The number of benzene rings is 2. The standard InChI is InChI=1S/C22H24ClN3O4/c1-15(24-21(27)20-14-29-18-7-2-3-8-19(18)30-20)22(28)26-11-9-25(10-12-26)17-6-4-5-16(23)13-17/h2-8,13,15,20H,9-12,14H2,1H3,(H,24,27)/t15-,20+/m0/s1. The summed E-state index contributed by atoms with van der Waals surface area (Å²) in [6, 6.07) is 14.3. The van der Waals surface area contributed by atoms with Crippen LogP contribution >= 0.6 is 11.6 Å². The molecule has 0 radical (unpaired) electrons. The number of halogens is 1. The van der Waals surface area contributed by atoms with Crippen LogP contribution in [0.1, 0.15) is 6.92 Å². The average molecular weight is 430 g/mol. The third-order valence-corrected chi connectivity index (χ3v) is 5.53. The summed E-state index contributed by atoms with van der Waals surface area (Å²) in [6.07, 6.45) is -0.783. The molecule has 0 aliphatic carbocycles. The predicted molar refractivity (Wildman–Crippen MR) is 114 cm³/mol. The summed E-state index contributed by atoms with van der Waals surface area (Å²) in [7, 11) is 0. The van der Waals surface area contributed by atoms with Crippen LogP contribution in [-0.2, 0) is 9.59 Å². The van der Waals surface area contributed by atoms with Crippen molar-refractivity contribution in [2.75, 3.05) is 37.7 Å². The normalized spacial score (nSPS) is 19.2. The number of piperazine rings is 1. The molecule has 0 saturated carbocycles. The Morgan fingerprint density at radius 2 is 1.80 bits per heavy atom. The molecule has 0 bridgehead atoms. The lowest BCUT2D eigenvalue weighted by atomic mass is 10.2. The third kappa shape index (κ3) is 4.46. The first-order valence-electron chi connectivity index (χ1n) is 9.99. The minimum Gasteiger partial charge on any atom is -0.485 e. The Morgan fingerprint density at radius 1 is 1.07 bits per heavy atom. The topological polar surface area (TPSA) is 71.1 Å². The zero-order chi connectivity index (χ0) is 21.1. The molecule has 2 amide bonds. The number of hydrogen-bond donors (Lipinski definition) is 1. The molecule has 2 aromatic carbocycles. The van der Waals surface area contributed by atoms with E-state index in [2.05, 4.69) is 10.2 Å². The van der Waals surface area contributed by atoms with Crippen LogP contribution in [-0.4, -0.2) is 61.6 Å². The Labute approximate surface area is 180 Å². The molecule has 0 spiro atoms. The first kappa shape index (κ1) is 20.3. The molecule has 2 aliphatic heterocycles. The number of fused-ring (bicyclic) bond motifs is 1. The van der Waals surface area contributed by atoms with E-state index in [-0.39, 0.29) is 18.4 Å². The summed E-state index contributed by atoms with van der Waals surface area (Å²) in [4.78, 5) is 29.4. The van der Waals surface area contributed by atoms with Crippen molar-refractivity contribution in [2.45, 2.75) is 19.1 Å². The second-order valence-electron chi connectivity index (χ2n) is 7.39. The van der Waals surface area contributed by atoms with Gasteiger partial charge in [-0.2, -0.15) is 0 Å². The summed E-state index contributed by atoms with van der Waals surface area (Å²) < 4.78 is 11.3. The number of carbonyl (C=O) groups excluding carboxylic acids is 2. The quantitative estimate of drug-likeness (QED) is 0.807. The second-order valence-corrected chi connectivity index (χ2v) is 7.82. The van der Waals surface area contributed by atoms with E-state index in [0.717, 1.165) is 5.69 Å². The summed E-state index contributed by atoms with van der Waals surface area (Å²) in [5.41, 5.74) is 1.05. The number of nitrogens with zero attached hydrogens (tertiary/aromatic N) is 2. The average Bonchev–Trinajstić information content (AvgIpc) is 2.78. The van der Waals surface area contributed by atoms with Crippen LogP contribution in [0.5, 0.6) is 11.5 Å². The zero-order valence-corrected chi connectivity index (χ0v) is 17.5. The minimum atomic E-state index is -0.783. The van der Waals surface area contributed by atoms with Crippen LogP contribution in [0.15, 0.2) is 48.5 Å². The van der Waals surface area contributed by atoms with Crippen molar-refractivity contribution < 1.29 is 19.1 Å². The van der Waals surface area contributed by atoms with E-state index in [1.165, 1.54) is 0 Å². The van der Waals surface area contributed by atoms with Crippen LogP contribution in [0.25, 0.3) is 0 Å². The molecule has 8 heteroatoms. The number of hydrogen-bond acceptors (Lipinski definition) is 5. The molecule has 1 N–H and O–H groups in total. The Hall–Kier alpha value is -2.93. The van der Waals surface area contributed by atoms with Crippen molar-refractivity contribution in [3.05, 3.63) is 53.6 Å². The van der Waals surface area contributed by atoms with Gasteiger partial charge in [0.25, 0.3) is 5.91 Å². The molecule has 30 heavy (non-hydrogen) atoms. The Morgan fingerprint density at radius 3 is 2.53 bits per heavy atom. The van der Waals surface area contributed by atoms with Crippen molar-refractivity contribution in [1.82, 2.24) is 10.2 Å². The molecule has 2 atom stereocenters. The highest BCUT2D eigenvalue weighted by atomic mass is 35.5. The molecular weight excluding hydrogens is 406 g/mol. The van der Waals surface area contributed by atoms with Gasteiger partial charge < -0.3 is 24.6 Å². The van der Waals surface area contributed by atoms with Gasteiger partial charge >= 0.3 is 0 Å². The molecule has 2 aromatic rings. The molecule has 7 nitrogen and oxygen atoms in total. The van der Waals surface area contributed by atoms with Crippen LogP contribution in [0.2, 0.25) is 5.02 Å². The minimum absolute atomic E-state index is 0.105. The molecule has 2 heterocycles. The van der Waals surface area contributed by atoms with Crippen molar-refractivity contribution in [3.63, 3.8) is 0 Å². The zero-order valence-electron chi connectivity index (χ0n) is 16.7. The van der Waals surface area contributed by atoms with Gasteiger partial charge in [0.2, 0.25) is 12.0 Å². The Kier molecular flexibility index (Phi) is 5.99. The van der Waals surface area contributed by atoms with E-state index in [1.54, 1.807) is 24.0 Å². The van der Waals surface area contributed by atoms with Gasteiger partial charge in [0, 0.05) is 36.9 Å². The Balaban J connectivity index is 1.28. The summed E-state index contributed by atoms with van der Waals surface area (Å²) >= 11 is 6.07. The van der Waals surface area contributed by atoms with E-state index in [0.29, 0.717) is 42.7 Å². The van der Waals surface area contributed by atoms with Crippen molar-refractivity contribution in [3.8, 4) is 11.5 Å². The summed E-state index contributed by atoms with van der Waals surface area (Å²) in [5, 5.41) is 3.46. The molecule has 0 aromatic heterocycles. The maximum atomic E-state index is 12.8. The number of nitrogens with one attached hydrogen (secondary N) is 1. The van der Waals surface area contributed by atoms with E-state index in [9.17, 15) is 9.59 Å². The highest BCUT2D eigenvalue weighted by molar-refractivity contribution is 6.30. The van der Waals surface area contributed by atoms with E-state index < -0.39 is 12.1 Å². The van der Waals surface area contributed by atoms with Gasteiger partial charge in [-0.3, -0.25) is 9.59 Å². The third-order valence-electron chi connectivity index (χ3n) is 5.29. The van der Waals surface area contributed by atoms with Crippen LogP contribution < -0.4 is 19.7 Å². The van der Waals surface area contributed by atoms with Gasteiger partial charge in [-0.1, -0.05) is 29.8 Å². The van der Waals surface area contributed by atoms with Gasteiger partial charge in [0.15, 0.2) is 11.5 Å². The SMILES string of the molecule is C[C@H](NC(=O)[C@H]1COc2ccccc2O1)C(=O)N1CCN(c2cccc(Cl)c2)CC1. The maximum Gasteiger partial charge on any atom is 0.265 e. The Bertz CT molecular complexity index is 930. The van der Waals surface area contributed by atoms with Crippen molar-refractivity contribution in [2.24, 2.45) is 0 Å². The van der Waals surface area contributed by atoms with Crippen molar-refractivity contribution in [1.29, 1.82) is 0 Å². The molecule has 1 saturated heterocycles. The monoisotopic (exact) mass is 429 g/mol. The molecule has 0 unspecified atom stereocenters. The first-order chi connectivity index (χ1) is 14.5. The van der Waals surface area contributed by atoms with E-state index in [1.807, 2.05) is 36.4 Å². The maximum absolute atomic E-state index is 12.8. The number of carbonyl (C=O) groups is 2. The largest absolute Gasteiger partial charge is 0.485 e. The van der Waals surface area contributed by atoms with Gasteiger partial charge in [-0.05, 0) is 37.3 Å². The number of amides is 2. The van der Waals surface area contributed by atoms with Crippen LogP contribution in [0.4, 0.5) is 5.69 Å². The fraction of sp³-hybridized carbons (Fsp3) is 0.364. The molecule has 158 valence electrons. The molecular formula is C22H24ClN3O4. The summed E-state index contributed by atoms with van der Waals surface area (Å²) in [5.74, 6) is 0.678. The number of rotatable bonds is 4. The lowest BCUT2D eigenvalue weighted by Crippen LogP contribution is -2.56. The highest BCUT2D eigenvalue weighted by Crippen LogP contribution is 2.30. The second kappa shape index (κ2) is 8.83. The molecule has 4 rings (SSSR count). The highest BCUT2D eigenvalue weighted by Gasteiger charge is 2.31. The van der Waals surface area contributed by atoms with Gasteiger partial charge in [-0.15, -0.1) is 0 Å². The van der Waals surface area contributed by atoms with Crippen molar-refractivity contribution >= 4 is 29.1 Å². The fourth-order valence-corrected chi connectivity index (χ4v) is 3.83. The van der Waals surface area contributed by atoms with Crippen LogP contribution in [0.3, 0.4) is 0 Å². The van der Waals surface area contributed by atoms with E-state index in [4.69, 9.17) is 21.1 Å². The van der Waals surface area contributed by atoms with Gasteiger partial charge in [0.05, 0.1) is 0 Å². The lowest BCUT2D eigenvalue weighted by molar-refractivity contribution is -0.139. The fourth-order valence-electron chi connectivity index (χ4n) is 3.65. The molecule has 1 fully saturated rings. The molecule has 2 aliphatic rings. The van der Waals surface area contributed by atoms with E-state index >= 15 is 0 Å². The first-order valence-corrected chi connectivity index (χ1v) is 10.4. The predicted octanol–water partition coefficient (Wildman–Crippen LogP) is 2.33. The van der Waals surface area contributed by atoms with Gasteiger partial charge in [0.1, 0.15) is 12.6 Å². The van der Waals surface area contributed by atoms with Crippen LogP contribution in [0, 0.1) is 0 Å².